The standard InChI is InChI=1S/C16H31N3O/c1-16(2,3)15(20)19-8-6-5-7-14(13-19)18-11-9-17(4)10-12-18/h14H,5-13H2,1-4H3/t14-/m0/s1. The van der Waals surface area contributed by atoms with Crippen LogP contribution in [0.3, 0.4) is 0 Å². The smallest absolute Gasteiger partial charge is 0.227 e. The van der Waals surface area contributed by atoms with Crippen LogP contribution in [0.15, 0.2) is 0 Å². The Morgan fingerprint density at radius 3 is 2.25 bits per heavy atom. The zero-order chi connectivity index (χ0) is 14.8. The predicted molar refractivity (Wildman–Crippen MR) is 82.7 cm³/mol. The van der Waals surface area contributed by atoms with Crippen LogP contribution in [0, 0.1) is 5.41 Å². The minimum absolute atomic E-state index is 0.253. The van der Waals surface area contributed by atoms with E-state index in [4.69, 9.17) is 0 Å². The van der Waals surface area contributed by atoms with Gasteiger partial charge in [-0.25, -0.2) is 0 Å². The maximum Gasteiger partial charge on any atom is 0.227 e. The number of likely N-dealkylation sites (N-methyl/N-ethyl adjacent to an activating group) is 1. The van der Waals surface area contributed by atoms with Crippen molar-refractivity contribution in [3.8, 4) is 0 Å². The highest BCUT2D eigenvalue weighted by Gasteiger charge is 2.32. The molecule has 0 saturated carbocycles. The van der Waals surface area contributed by atoms with Crippen LogP contribution in [0.2, 0.25) is 0 Å². The molecule has 116 valence electrons. The second kappa shape index (κ2) is 6.44. The summed E-state index contributed by atoms with van der Waals surface area (Å²) >= 11 is 0. The first kappa shape index (κ1) is 15.8. The van der Waals surface area contributed by atoms with E-state index in [1.807, 2.05) is 20.8 Å². The third-order valence-corrected chi connectivity index (χ3v) is 4.63. The van der Waals surface area contributed by atoms with Gasteiger partial charge in [0.25, 0.3) is 0 Å². The molecule has 0 N–H and O–H groups in total. The van der Waals surface area contributed by atoms with Crippen molar-refractivity contribution in [1.29, 1.82) is 0 Å². The molecule has 0 unspecified atom stereocenters. The number of hydrogen-bond acceptors (Lipinski definition) is 3. The number of piperazine rings is 1. The van der Waals surface area contributed by atoms with Crippen LogP contribution in [0.5, 0.6) is 0 Å². The highest BCUT2D eigenvalue weighted by molar-refractivity contribution is 5.81. The van der Waals surface area contributed by atoms with Crippen molar-refractivity contribution in [2.75, 3.05) is 46.3 Å². The largest absolute Gasteiger partial charge is 0.341 e. The molecule has 4 heteroatoms. The van der Waals surface area contributed by atoms with E-state index in [0.717, 1.165) is 45.7 Å². The fraction of sp³-hybridized carbons (Fsp3) is 0.938. The van der Waals surface area contributed by atoms with Gasteiger partial charge in [-0.2, -0.15) is 0 Å². The lowest BCUT2D eigenvalue weighted by Crippen LogP contribution is -2.53. The molecular weight excluding hydrogens is 250 g/mol. The molecule has 0 aromatic heterocycles. The summed E-state index contributed by atoms with van der Waals surface area (Å²) in [7, 11) is 2.19. The number of carbonyl (C=O) groups excluding carboxylic acids is 1. The molecule has 0 bridgehead atoms. The molecule has 1 amide bonds. The summed E-state index contributed by atoms with van der Waals surface area (Å²) in [6.07, 6.45) is 3.66. The van der Waals surface area contributed by atoms with Gasteiger partial charge in [0.15, 0.2) is 0 Å². The van der Waals surface area contributed by atoms with Gasteiger partial charge in [-0.3, -0.25) is 9.69 Å². The Kier molecular flexibility index (Phi) is 5.08. The number of rotatable bonds is 1. The zero-order valence-corrected chi connectivity index (χ0v) is 13.7. The first-order valence-electron chi connectivity index (χ1n) is 8.10. The Balaban J connectivity index is 1.98. The number of amides is 1. The average molecular weight is 281 g/mol. The maximum absolute atomic E-state index is 12.6. The van der Waals surface area contributed by atoms with Crippen LogP contribution in [-0.2, 0) is 4.79 Å². The summed E-state index contributed by atoms with van der Waals surface area (Å²) in [6.45, 7) is 12.6. The minimum atomic E-state index is -0.253. The molecule has 2 fully saturated rings. The molecule has 2 rings (SSSR count). The first-order valence-corrected chi connectivity index (χ1v) is 8.10. The minimum Gasteiger partial charge on any atom is -0.341 e. The highest BCUT2D eigenvalue weighted by atomic mass is 16.2. The molecule has 2 aliphatic rings. The average Bonchev–Trinajstić information content (AvgIpc) is 2.63. The van der Waals surface area contributed by atoms with Crippen LogP contribution in [0.1, 0.15) is 40.0 Å². The van der Waals surface area contributed by atoms with Crippen molar-refractivity contribution in [1.82, 2.24) is 14.7 Å². The SMILES string of the molecule is CN1CCN([C@H]2CCCCN(C(=O)C(C)(C)C)C2)CC1. The van der Waals surface area contributed by atoms with E-state index in [1.54, 1.807) is 0 Å². The quantitative estimate of drug-likeness (QED) is 0.731. The second-order valence-electron chi connectivity index (χ2n) is 7.49. The zero-order valence-electron chi connectivity index (χ0n) is 13.7. The van der Waals surface area contributed by atoms with E-state index in [-0.39, 0.29) is 5.41 Å². The van der Waals surface area contributed by atoms with Crippen molar-refractivity contribution < 1.29 is 4.79 Å². The van der Waals surface area contributed by atoms with E-state index < -0.39 is 0 Å². The normalized spacial score (nSPS) is 27.4. The molecule has 4 nitrogen and oxygen atoms in total. The van der Waals surface area contributed by atoms with Gasteiger partial charge in [-0.15, -0.1) is 0 Å². The van der Waals surface area contributed by atoms with Gasteiger partial charge in [-0.05, 0) is 19.9 Å². The van der Waals surface area contributed by atoms with Gasteiger partial charge in [-0.1, -0.05) is 27.2 Å². The molecule has 0 aromatic carbocycles. The Labute approximate surface area is 124 Å². The number of likely N-dealkylation sites (tertiary alicyclic amines) is 1. The van der Waals surface area contributed by atoms with Crippen LogP contribution >= 0.6 is 0 Å². The van der Waals surface area contributed by atoms with E-state index in [9.17, 15) is 4.79 Å². The summed E-state index contributed by atoms with van der Waals surface area (Å²) in [5, 5.41) is 0. The maximum atomic E-state index is 12.6. The van der Waals surface area contributed by atoms with Gasteiger partial charge < -0.3 is 9.80 Å². The van der Waals surface area contributed by atoms with Gasteiger partial charge >= 0.3 is 0 Å². The van der Waals surface area contributed by atoms with Crippen molar-refractivity contribution in [2.45, 2.75) is 46.1 Å². The molecular formula is C16H31N3O. The third kappa shape index (κ3) is 3.95. The Morgan fingerprint density at radius 1 is 1.00 bits per heavy atom. The van der Waals surface area contributed by atoms with Crippen molar-refractivity contribution in [2.24, 2.45) is 5.41 Å². The molecule has 1 atom stereocenters. The molecule has 0 radical (unpaired) electrons. The molecule has 2 aliphatic heterocycles. The molecule has 2 saturated heterocycles. The Hall–Kier alpha value is -0.610. The summed E-state index contributed by atoms with van der Waals surface area (Å²) in [5.41, 5.74) is -0.253. The lowest BCUT2D eigenvalue weighted by molar-refractivity contribution is -0.140. The van der Waals surface area contributed by atoms with Crippen LogP contribution in [0.4, 0.5) is 0 Å². The van der Waals surface area contributed by atoms with Crippen molar-refractivity contribution in [3.63, 3.8) is 0 Å². The topological polar surface area (TPSA) is 26.8 Å². The summed E-state index contributed by atoms with van der Waals surface area (Å²) < 4.78 is 0. The monoisotopic (exact) mass is 281 g/mol. The molecule has 0 aliphatic carbocycles. The lowest BCUT2D eigenvalue weighted by atomic mass is 9.94. The molecule has 2 heterocycles. The van der Waals surface area contributed by atoms with Crippen molar-refractivity contribution in [3.05, 3.63) is 0 Å². The fourth-order valence-corrected chi connectivity index (χ4v) is 3.26. The Morgan fingerprint density at radius 2 is 1.65 bits per heavy atom. The fourth-order valence-electron chi connectivity index (χ4n) is 3.26. The summed E-state index contributed by atoms with van der Waals surface area (Å²) in [4.78, 5) is 19.7. The molecule has 0 spiro atoms. The van der Waals surface area contributed by atoms with Crippen LogP contribution in [0.25, 0.3) is 0 Å². The van der Waals surface area contributed by atoms with Crippen LogP contribution in [-0.4, -0.2) is 73.0 Å². The lowest BCUT2D eigenvalue weighted by Gasteiger charge is -2.39. The number of carbonyl (C=O) groups is 1. The van der Waals surface area contributed by atoms with E-state index in [0.29, 0.717) is 11.9 Å². The van der Waals surface area contributed by atoms with Gasteiger partial charge in [0, 0.05) is 50.7 Å². The summed E-state index contributed by atoms with van der Waals surface area (Å²) in [6, 6.07) is 0.567. The van der Waals surface area contributed by atoms with E-state index >= 15 is 0 Å². The predicted octanol–water partition coefficient (Wildman–Crippen LogP) is 1.66. The number of nitrogens with zero attached hydrogens (tertiary/aromatic N) is 3. The Bertz CT molecular complexity index is 329. The van der Waals surface area contributed by atoms with Gasteiger partial charge in [0.2, 0.25) is 5.91 Å². The second-order valence-corrected chi connectivity index (χ2v) is 7.49. The first-order chi connectivity index (χ1) is 9.38. The van der Waals surface area contributed by atoms with Gasteiger partial charge in [0.05, 0.1) is 0 Å². The molecule has 0 aromatic rings. The summed E-state index contributed by atoms with van der Waals surface area (Å²) in [5.74, 6) is 0.318. The van der Waals surface area contributed by atoms with Crippen molar-refractivity contribution >= 4 is 5.91 Å². The third-order valence-electron chi connectivity index (χ3n) is 4.63. The van der Waals surface area contributed by atoms with Crippen LogP contribution < -0.4 is 0 Å². The number of hydrogen-bond donors (Lipinski definition) is 0. The highest BCUT2D eigenvalue weighted by Crippen LogP contribution is 2.23. The van der Waals surface area contributed by atoms with Gasteiger partial charge in [0.1, 0.15) is 0 Å². The molecule has 20 heavy (non-hydrogen) atoms. The van der Waals surface area contributed by atoms with E-state index in [2.05, 4.69) is 21.7 Å². The van der Waals surface area contributed by atoms with E-state index in [1.165, 1.54) is 12.8 Å².